The van der Waals surface area contributed by atoms with E-state index in [4.69, 9.17) is 9.47 Å². The van der Waals surface area contributed by atoms with E-state index >= 15 is 0 Å². The molecule has 1 aliphatic heterocycles. The van der Waals surface area contributed by atoms with Crippen LogP contribution in [0.4, 0.5) is 0 Å². The van der Waals surface area contributed by atoms with Gasteiger partial charge in [-0.25, -0.2) is 13.2 Å². The van der Waals surface area contributed by atoms with Crippen LogP contribution in [0.3, 0.4) is 0 Å². The second kappa shape index (κ2) is 7.13. The molecule has 1 saturated heterocycles. The maximum Gasteiger partial charge on any atom is 0.347 e. The van der Waals surface area contributed by atoms with Crippen LogP contribution >= 0.6 is 0 Å². The summed E-state index contributed by atoms with van der Waals surface area (Å²) in [5, 5.41) is 0. The highest BCUT2D eigenvalue weighted by atomic mass is 32.2. The number of rotatable bonds is 5. The number of hydrogen-bond donors (Lipinski definition) is 1. The maximum atomic E-state index is 12.6. The zero-order valence-corrected chi connectivity index (χ0v) is 15.8. The summed E-state index contributed by atoms with van der Waals surface area (Å²) in [5.41, 5.74) is 2.98. The molecule has 138 valence electrons. The van der Waals surface area contributed by atoms with Crippen LogP contribution in [0.15, 0.2) is 11.0 Å². The van der Waals surface area contributed by atoms with Gasteiger partial charge in [0.05, 0.1) is 4.90 Å². The second-order valence-corrected chi connectivity index (χ2v) is 8.08. The van der Waals surface area contributed by atoms with Crippen LogP contribution in [0.2, 0.25) is 0 Å². The lowest BCUT2D eigenvalue weighted by atomic mass is 10.0. The van der Waals surface area contributed by atoms with E-state index in [2.05, 4.69) is 4.72 Å². The molecule has 2 rings (SSSR count). The Kier molecular flexibility index (Phi) is 5.53. The fraction of sp³-hybridized carbons (Fsp3) is 0.529. The van der Waals surface area contributed by atoms with Gasteiger partial charge in [-0.2, -0.15) is 4.72 Å². The molecule has 2 atom stereocenters. The van der Waals surface area contributed by atoms with Crippen molar-refractivity contribution in [3.8, 4) is 0 Å². The molecule has 7 nitrogen and oxygen atoms in total. The predicted octanol–water partition coefficient (Wildman–Crippen LogP) is 1.45. The van der Waals surface area contributed by atoms with Crippen LogP contribution in [0.1, 0.15) is 35.6 Å². The fourth-order valence-corrected chi connectivity index (χ4v) is 4.41. The number of carbonyl (C=O) groups excluding carboxylic acids is 2. The summed E-state index contributed by atoms with van der Waals surface area (Å²) < 4.78 is 37.4. The molecule has 1 heterocycles. The summed E-state index contributed by atoms with van der Waals surface area (Å²) in [4.78, 5) is 23.5. The minimum Gasteiger partial charge on any atom is -0.460 e. The summed E-state index contributed by atoms with van der Waals surface area (Å²) in [6.45, 7) is 8.27. The summed E-state index contributed by atoms with van der Waals surface area (Å²) in [5.74, 6) is -1.43. The lowest BCUT2D eigenvalue weighted by Gasteiger charge is -2.16. The molecule has 1 N–H and O–H groups in total. The first-order chi connectivity index (χ1) is 11.5. The number of sulfonamides is 1. The summed E-state index contributed by atoms with van der Waals surface area (Å²) in [7, 11) is -3.89. The van der Waals surface area contributed by atoms with Crippen molar-refractivity contribution in [1.29, 1.82) is 0 Å². The molecule has 0 bridgehead atoms. The number of cyclic esters (lactones) is 1. The second-order valence-electron chi connectivity index (χ2n) is 6.38. The Morgan fingerprint density at radius 1 is 1.24 bits per heavy atom. The molecule has 0 saturated carbocycles. The lowest BCUT2D eigenvalue weighted by Crippen LogP contribution is -2.34. The Labute approximate surface area is 147 Å². The molecule has 0 aliphatic carbocycles. The van der Waals surface area contributed by atoms with E-state index in [1.165, 1.54) is 0 Å². The summed E-state index contributed by atoms with van der Waals surface area (Å²) in [6.07, 6.45) is -1.02. The van der Waals surface area contributed by atoms with E-state index in [-0.39, 0.29) is 17.4 Å². The summed E-state index contributed by atoms with van der Waals surface area (Å²) in [6, 6.07) is 1.92. The molecular weight excluding hydrogens is 346 g/mol. The average Bonchev–Trinajstić information content (AvgIpc) is 2.81. The molecule has 0 amide bonds. The van der Waals surface area contributed by atoms with Crippen LogP contribution < -0.4 is 4.72 Å². The number of carbonyl (C=O) groups is 2. The largest absolute Gasteiger partial charge is 0.460 e. The zero-order valence-electron chi connectivity index (χ0n) is 15.0. The summed E-state index contributed by atoms with van der Waals surface area (Å²) >= 11 is 0. The third-order valence-electron chi connectivity index (χ3n) is 4.37. The van der Waals surface area contributed by atoms with Crippen LogP contribution in [0.5, 0.6) is 0 Å². The molecule has 8 heteroatoms. The highest BCUT2D eigenvalue weighted by molar-refractivity contribution is 7.89. The predicted molar refractivity (Wildman–Crippen MR) is 90.6 cm³/mol. The first-order valence-corrected chi connectivity index (χ1v) is 9.48. The van der Waals surface area contributed by atoms with Crippen molar-refractivity contribution in [2.24, 2.45) is 0 Å². The van der Waals surface area contributed by atoms with E-state index in [9.17, 15) is 18.0 Å². The molecule has 1 aromatic rings. The van der Waals surface area contributed by atoms with Crippen molar-refractivity contribution < 1.29 is 27.5 Å². The number of ether oxygens (including phenoxy) is 2. The molecule has 1 aliphatic rings. The van der Waals surface area contributed by atoms with Gasteiger partial charge >= 0.3 is 11.9 Å². The smallest absolute Gasteiger partial charge is 0.347 e. The van der Waals surface area contributed by atoms with Gasteiger partial charge in [-0.1, -0.05) is 6.07 Å². The topological polar surface area (TPSA) is 98.8 Å². The van der Waals surface area contributed by atoms with Gasteiger partial charge in [-0.3, -0.25) is 4.79 Å². The van der Waals surface area contributed by atoms with Crippen molar-refractivity contribution in [3.63, 3.8) is 0 Å². The lowest BCUT2D eigenvalue weighted by molar-refractivity contribution is -0.160. The molecule has 0 spiro atoms. The van der Waals surface area contributed by atoms with E-state index in [1.54, 1.807) is 20.8 Å². The molecule has 0 aromatic heterocycles. The molecule has 1 fully saturated rings. The SMILES string of the molecule is Cc1cc(C)c(C)c(S(=O)(=O)NCC(=O)OC2CC(C)OC2=O)c1C. The monoisotopic (exact) mass is 369 g/mol. The molecule has 25 heavy (non-hydrogen) atoms. The third kappa shape index (κ3) is 4.19. The number of esters is 2. The minimum absolute atomic E-state index is 0.173. The molecule has 0 radical (unpaired) electrons. The van der Waals surface area contributed by atoms with Gasteiger partial charge in [0, 0.05) is 6.42 Å². The van der Waals surface area contributed by atoms with E-state index < -0.39 is 34.6 Å². The fourth-order valence-electron chi connectivity index (χ4n) is 2.83. The maximum absolute atomic E-state index is 12.6. The highest BCUT2D eigenvalue weighted by Crippen LogP contribution is 2.25. The van der Waals surface area contributed by atoms with E-state index in [0.717, 1.165) is 11.1 Å². The Morgan fingerprint density at radius 3 is 2.28 bits per heavy atom. The van der Waals surface area contributed by atoms with Gasteiger partial charge in [0.15, 0.2) is 0 Å². The van der Waals surface area contributed by atoms with Gasteiger partial charge in [-0.15, -0.1) is 0 Å². The Bertz CT molecular complexity index is 789. The third-order valence-corrected chi connectivity index (χ3v) is 6.05. The van der Waals surface area contributed by atoms with Gasteiger partial charge in [0.25, 0.3) is 0 Å². The standard InChI is InChI=1S/C17H23NO6S/c1-9-6-10(2)13(5)16(12(9)4)25(21,22)18-8-15(19)24-14-7-11(3)23-17(14)20/h6,11,14,18H,7-8H2,1-5H3. The van der Waals surface area contributed by atoms with Gasteiger partial charge in [-0.05, 0) is 56.9 Å². The van der Waals surface area contributed by atoms with Gasteiger partial charge < -0.3 is 9.47 Å². The van der Waals surface area contributed by atoms with E-state index in [1.807, 2.05) is 19.9 Å². The van der Waals surface area contributed by atoms with Crippen molar-refractivity contribution in [3.05, 3.63) is 28.3 Å². The first kappa shape index (κ1) is 19.4. The van der Waals surface area contributed by atoms with Crippen molar-refractivity contribution >= 4 is 22.0 Å². The van der Waals surface area contributed by atoms with Crippen LogP contribution in [0.25, 0.3) is 0 Å². The van der Waals surface area contributed by atoms with Gasteiger partial charge in [0.2, 0.25) is 16.1 Å². The quantitative estimate of drug-likeness (QED) is 0.789. The Balaban J connectivity index is 2.10. The minimum atomic E-state index is -3.89. The Hall–Kier alpha value is -1.93. The number of aryl methyl sites for hydroxylation is 2. The van der Waals surface area contributed by atoms with Crippen LogP contribution in [-0.4, -0.2) is 39.1 Å². The van der Waals surface area contributed by atoms with Crippen LogP contribution in [0, 0.1) is 27.7 Å². The zero-order chi connectivity index (χ0) is 18.9. The molecular formula is C17H23NO6S. The normalized spacial score (nSPS) is 20.4. The van der Waals surface area contributed by atoms with Gasteiger partial charge in [0.1, 0.15) is 12.6 Å². The number of nitrogens with one attached hydrogen (secondary N) is 1. The van der Waals surface area contributed by atoms with Crippen molar-refractivity contribution in [2.75, 3.05) is 6.54 Å². The van der Waals surface area contributed by atoms with E-state index in [0.29, 0.717) is 11.1 Å². The highest BCUT2D eigenvalue weighted by Gasteiger charge is 2.35. The Morgan fingerprint density at radius 2 is 1.80 bits per heavy atom. The number of benzene rings is 1. The van der Waals surface area contributed by atoms with Crippen molar-refractivity contribution in [2.45, 2.75) is 58.1 Å². The molecule has 2 unspecified atom stereocenters. The van der Waals surface area contributed by atoms with Crippen LogP contribution in [-0.2, 0) is 29.1 Å². The first-order valence-electron chi connectivity index (χ1n) is 8.00. The number of hydrogen-bond acceptors (Lipinski definition) is 6. The molecule has 1 aromatic carbocycles. The van der Waals surface area contributed by atoms with Crippen molar-refractivity contribution in [1.82, 2.24) is 4.72 Å². The average molecular weight is 369 g/mol.